The Balaban J connectivity index is 2.19. The molecule has 2 atom stereocenters. The Labute approximate surface area is 91.5 Å². The van der Waals surface area contributed by atoms with E-state index in [9.17, 15) is 0 Å². The van der Waals surface area contributed by atoms with Crippen molar-refractivity contribution in [2.45, 2.75) is 24.9 Å². The maximum absolute atomic E-state index is 4.20. The van der Waals surface area contributed by atoms with Crippen molar-refractivity contribution in [3.8, 4) is 0 Å². The number of nitrogens with zero attached hydrogens (tertiary/aromatic N) is 2. The molecule has 0 saturated carbocycles. The highest BCUT2D eigenvalue weighted by atomic mass is 15.1. The minimum atomic E-state index is 0.446. The molecule has 0 amide bonds. The summed E-state index contributed by atoms with van der Waals surface area (Å²) in [7, 11) is 4.27. The maximum atomic E-state index is 4.20. The van der Waals surface area contributed by atoms with Crippen molar-refractivity contribution < 1.29 is 0 Å². The summed E-state index contributed by atoms with van der Waals surface area (Å²) in [6.45, 7) is 1.15. The third kappa shape index (κ3) is 2.36. The minimum absolute atomic E-state index is 0.446. The smallest absolute Gasteiger partial charge is 0.0511 e. The van der Waals surface area contributed by atoms with Gasteiger partial charge in [-0.2, -0.15) is 0 Å². The van der Waals surface area contributed by atoms with E-state index in [0.717, 1.165) is 6.54 Å². The van der Waals surface area contributed by atoms with E-state index in [-0.39, 0.29) is 0 Å². The lowest BCUT2D eigenvalue weighted by atomic mass is 9.99. The van der Waals surface area contributed by atoms with Crippen LogP contribution in [0.3, 0.4) is 0 Å². The molecule has 15 heavy (non-hydrogen) atoms. The first-order valence-corrected chi connectivity index (χ1v) is 5.59. The fourth-order valence-corrected chi connectivity index (χ4v) is 2.42. The van der Waals surface area contributed by atoms with Gasteiger partial charge in [0.1, 0.15) is 0 Å². The van der Waals surface area contributed by atoms with Crippen LogP contribution in [0.15, 0.2) is 24.5 Å². The minimum Gasteiger partial charge on any atom is -0.312 e. The fraction of sp³-hybridized carbons (Fsp3) is 0.583. The monoisotopic (exact) mass is 205 g/mol. The first-order valence-electron chi connectivity index (χ1n) is 5.59. The Hall–Kier alpha value is -0.930. The second-order valence-electron chi connectivity index (χ2n) is 4.40. The SMILES string of the molecule is CN(C)C(c1cccnc1)C1CCCN1. The Bertz CT molecular complexity index is 291. The van der Waals surface area contributed by atoms with Crippen LogP contribution >= 0.6 is 0 Å². The van der Waals surface area contributed by atoms with Crippen molar-refractivity contribution in [2.24, 2.45) is 0 Å². The second kappa shape index (κ2) is 4.73. The van der Waals surface area contributed by atoms with E-state index in [1.807, 2.05) is 18.5 Å². The summed E-state index contributed by atoms with van der Waals surface area (Å²) in [5.74, 6) is 0. The molecule has 2 rings (SSSR count). The van der Waals surface area contributed by atoms with Gasteiger partial charge in [0.15, 0.2) is 0 Å². The number of nitrogens with one attached hydrogen (secondary N) is 1. The molecular formula is C12H19N3. The highest BCUT2D eigenvalue weighted by molar-refractivity contribution is 5.16. The summed E-state index contributed by atoms with van der Waals surface area (Å²) in [5.41, 5.74) is 1.31. The summed E-state index contributed by atoms with van der Waals surface area (Å²) in [6, 6.07) is 5.20. The number of hydrogen-bond acceptors (Lipinski definition) is 3. The predicted octanol–water partition coefficient (Wildman–Crippen LogP) is 1.44. The van der Waals surface area contributed by atoms with Gasteiger partial charge in [-0.15, -0.1) is 0 Å². The number of aromatic nitrogens is 1. The first kappa shape index (κ1) is 10.6. The van der Waals surface area contributed by atoms with Crippen LogP contribution in [0.5, 0.6) is 0 Å². The first-order chi connectivity index (χ1) is 7.29. The highest BCUT2D eigenvalue weighted by Crippen LogP contribution is 2.26. The van der Waals surface area contributed by atoms with E-state index in [1.165, 1.54) is 18.4 Å². The Kier molecular flexibility index (Phi) is 3.34. The average molecular weight is 205 g/mol. The summed E-state index contributed by atoms with van der Waals surface area (Å²) in [4.78, 5) is 6.48. The largest absolute Gasteiger partial charge is 0.312 e. The van der Waals surface area contributed by atoms with Crippen molar-refractivity contribution in [3.63, 3.8) is 0 Å². The molecule has 82 valence electrons. The number of rotatable bonds is 3. The molecule has 2 unspecified atom stereocenters. The van der Waals surface area contributed by atoms with E-state index in [2.05, 4.69) is 35.4 Å². The molecule has 0 radical (unpaired) electrons. The van der Waals surface area contributed by atoms with Crippen LogP contribution in [-0.4, -0.2) is 36.6 Å². The molecular weight excluding hydrogens is 186 g/mol. The van der Waals surface area contributed by atoms with Gasteiger partial charge in [-0.3, -0.25) is 4.98 Å². The van der Waals surface area contributed by atoms with Gasteiger partial charge >= 0.3 is 0 Å². The van der Waals surface area contributed by atoms with Crippen molar-refractivity contribution in [1.29, 1.82) is 0 Å². The van der Waals surface area contributed by atoms with E-state index < -0.39 is 0 Å². The van der Waals surface area contributed by atoms with Gasteiger partial charge < -0.3 is 10.2 Å². The summed E-state index contributed by atoms with van der Waals surface area (Å²) in [5, 5.41) is 3.57. The Morgan fingerprint density at radius 1 is 1.53 bits per heavy atom. The van der Waals surface area contributed by atoms with Gasteiger partial charge in [-0.1, -0.05) is 6.07 Å². The lowest BCUT2D eigenvalue weighted by Gasteiger charge is -2.30. The second-order valence-corrected chi connectivity index (χ2v) is 4.40. The number of hydrogen-bond donors (Lipinski definition) is 1. The van der Waals surface area contributed by atoms with Gasteiger partial charge in [-0.25, -0.2) is 0 Å². The van der Waals surface area contributed by atoms with E-state index >= 15 is 0 Å². The van der Waals surface area contributed by atoms with Gasteiger partial charge in [0.25, 0.3) is 0 Å². The molecule has 1 fully saturated rings. The van der Waals surface area contributed by atoms with Gasteiger partial charge in [0.05, 0.1) is 6.04 Å². The molecule has 1 aliphatic rings. The van der Waals surface area contributed by atoms with E-state index in [1.54, 1.807) is 0 Å². The predicted molar refractivity (Wildman–Crippen MR) is 61.7 cm³/mol. The molecule has 0 aromatic carbocycles. The third-order valence-electron chi connectivity index (χ3n) is 3.06. The summed E-state index contributed by atoms with van der Waals surface area (Å²) in [6.07, 6.45) is 6.36. The van der Waals surface area contributed by atoms with Gasteiger partial charge in [0, 0.05) is 18.4 Å². The lowest BCUT2D eigenvalue weighted by molar-refractivity contribution is 0.243. The lowest BCUT2D eigenvalue weighted by Crippen LogP contribution is -2.37. The zero-order valence-corrected chi connectivity index (χ0v) is 9.48. The zero-order chi connectivity index (χ0) is 10.7. The van der Waals surface area contributed by atoms with E-state index in [4.69, 9.17) is 0 Å². The molecule has 1 aromatic heterocycles. The normalized spacial score (nSPS) is 23.3. The number of pyridine rings is 1. The topological polar surface area (TPSA) is 28.2 Å². The molecule has 1 aromatic rings. The molecule has 2 heterocycles. The van der Waals surface area contributed by atoms with Crippen LogP contribution < -0.4 is 5.32 Å². The standard InChI is InChI=1S/C12H19N3/c1-15(2)12(11-6-4-8-14-11)10-5-3-7-13-9-10/h3,5,7,9,11-12,14H,4,6,8H2,1-2H3. The van der Waals surface area contributed by atoms with Crippen molar-refractivity contribution in [1.82, 2.24) is 15.2 Å². The number of likely N-dealkylation sites (N-methyl/N-ethyl adjacent to an activating group) is 1. The molecule has 3 nitrogen and oxygen atoms in total. The van der Waals surface area contributed by atoms with Gasteiger partial charge in [0.2, 0.25) is 0 Å². The van der Waals surface area contributed by atoms with Crippen LogP contribution in [0.25, 0.3) is 0 Å². The molecule has 1 N–H and O–H groups in total. The van der Waals surface area contributed by atoms with Crippen molar-refractivity contribution in [2.75, 3.05) is 20.6 Å². The molecule has 1 aliphatic heterocycles. The average Bonchev–Trinajstić information content (AvgIpc) is 2.72. The molecule has 0 aliphatic carbocycles. The van der Waals surface area contributed by atoms with Crippen LogP contribution in [0.4, 0.5) is 0 Å². The molecule has 0 bridgehead atoms. The maximum Gasteiger partial charge on any atom is 0.0511 e. The molecule has 0 spiro atoms. The van der Waals surface area contributed by atoms with Crippen LogP contribution in [0.2, 0.25) is 0 Å². The van der Waals surface area contributed by atoms with Crippen LogP contribution in [0.1, 0.15) is 24.4 Å². The molecule has 3 heteroatoms. The highest BCUT2D eigenvalue weighted by Gasteiger charge is 2.27. The van der Waals surface area contributed by atoms with Crippen LogP contribution in [-0.2, 0) is 0 Å². The van der Waals surface area contributed by atoms with Crippen LogP contribution in [0, 0.1) is 0 Å². The summed E-state index contributed by atoms with van der Waals surface area (Å²) >= 11 is 0. The fourth-order valence-electron chi connectivity index (χ4n) is 2.42. The molecule has 1 saturated heterocycles. The van der Waals surface area contributed by atoms with E-state index in [0.29, 0.717) is 12.1 Å². The zero-order valence-electron chi connectivity index (χ0n) is 9.48. The third-order valence-corrected chi connectivity index (χ3v) is 3.06. The van der Waals surface area contributed by atoms with Crippen molar-refractivity contribution >= 4 is 0 Å². The Morgan fingerprint density at radius 3 is 2.93 bits per heavy atom. The quantitative estimate of drug-likeness (QED) is 0.809. The van der Waals surface area contributed by atoms with Crippen molar-refractivity contribution in [3.05, 3.63) is 30.1 Å². The summed E-state index contributed by atoms with van der Waals surface area (Å²) < 4.78 is 0. The van der Waals surface area contributed by atoms with Gasteiger partial charge in [-0.05, 0) is 45.1 Å². The Morgan fingerprint density at radius 2 is 2.40 bits per heavy atom.